The van der Waals surface area contributed by atoms with Crippen LogP contribution >= 0.6 is 15.9 Å². The number of halogens is 4. The fourth-order valence-electron chi connectivity index (χ4n) is 2.91. The van der Waals surface area contributed by atoms with Gasteiger partial charge >= 0.3 is 6.18 Å². The Hall–Kier alpha value is -2.36. The molecule has 1 aromatic heterocycles. The van der Waals surface area contributed by atoms with Crippen LogP contribution in [-0.4, -0.2) is 53.5 Å². The van der Waals surface area contributed by atoms with Gasteiger partial charge in [-0.1, -0.05) is 22.0 Å². The molecule has 0 unspecified atom stereocenters. The van der Waals surface area contributed by atoms with Gasteiger partial charge in [-0.25, -0.2) is 4.98 Å². The van der Waals surface area contributed by atoms with Crippen LogP contribution in [-0.2, 0) is 6.18 Å². The Morgan fingerprint density at radius 1 is 1.18 bits per heavy atom. The van der Waals surface area contributed by atoms with E-state index in [0.29, 0.717) is 38.3 Å². The molecule has 2 aromatic rings. The van der Waals surface area contributed by atoms with E-state index in [-0.39, 0.29) is 17.7 Å². The molecule has 1 amide bonds. The van der Waals surface area contributed by atoms with Gasteiger partial charge in [0.15, 0.2) is 5.69 Å². The molecule has 3 rings (SSSR count). The van der Waals surface area contributed by atoms with Crippen molar-refractivity contribution in [2.24, 2.45) is 0 Å². The Morgan fingerprint density at radius 2 is 1.89 bits per heavy atom. The summed E-state index contributed by atoms with van der Waals surface area (Å²) in [6.07, 6.45) is -4.56. The molecule has 0 bridgehead atoms. The van der Waals surface area contributed by atoms with Crippen molar-refractivity contribution in [2.75, 3.05) is 42.9 Å². The quantitative estimate of drug-likeness (QED) is 0.758. The third kappa shape index (κ3) is 4.73. The van der Waals surface area contributed by atoms with E-state index in [0.717, 1.165) is 10.5 Å². The van der Waals surface area contributed by atoms with Gasteiger partial charge in [-0.2, -0.15) is 18.2 Å². The largest absolute Gasteiger partial charge is 0.433 e. The number of anilines is 2. The predicted molar refractivity (Wildman–Crippen MR) is 103 cm³/mol. The highest BCUT2D eigenvalue weighted by molar-refractivity contribution is 9.10. The Morgan fingerprint density at radius 3 is 2.50 bits per heavy atom. The molecular formula is C18H19BrF3N5O. The van der Waals surface area contributed by atoms with Gasteiger partial charge in [0.25, 0.3) is 5.91 Å². The molecule has 1 saturated heterocycles. The Labute approximate surface area is 168 Å². The minimum Gasteiger partial charge on any atom is -0.370 e. The summed E-state index contributed by atoms with van der Waals surface area (Å²) in [5, 5.41) is 2.81. The van der Waals surface area contributed by atoms with E-state index in [1.54, 1.807) is 34.9 Å². The van der Waals surface area contributed by atoms with Crippen LogP contribution in [0.25, 0.3) is 0 Å². The molecule has 0 spiro atoms. The molecule has 1 aliphatic heterocycles. The molecule has 6 nitrogen and oxygen atoms in total. The maximum Gasteiger partial charge on any atom is 0.433 e. The minimum atomic E-state index is -4.56. The van der Waals surface area contributed by atoms with Gasteiger partial charge in [0.05, 0.1) is 0 Å². The number of nitrogens with zero attached hydrogens (tertiary/aromatic N) is 4. The van der Waals surface area contributed by atoms with Crippen molar-refractivity contribution < 1.29 is 18.0 Å². The van der Waals surface area contributed by atoms with Gasteiger partial charge in [0, 0.05) is 48.8 Å². The normalized spacial score (nSPS) is 14.9. The third-order valence-electron chi connectivity index (χ3n) is 4.28. The monoisotopic (exact) mass is 457 g/mol. The number of piperazine rings is 1. The van der Waals surface area contributed by atoms with Crippen molar-refractivity contribution in [2.45, 2.75) is 13.1 Å². The minimum absolute atomic E-state index is 0.0142. The van der Waals surface area contributed by atoms with Crippen molar-refractivity contribution in [3.63, 3.8) is 0 Å². The molecule has 0 radical (unpaired) electrons. The molecular weight excluding hydrogens is 439 g/mol. The summed E-state index contributed by atoms with van der Waals surface area (Å²) in [5.74, 6) is 0.0343. The van der Waals surface area contributed by atoms with E-state index < -0.39 is 11.9 Å². The molecule has 28 heavy (non-hydrogen) atoms. The first-order valence-corrected chi connectivity index (χ1v) is 9.57. The summed E-state index contributed by atoms with van der Waals surface area (Å²) in [6.45, 7) is 3.69. The standard InChI is InChI=1S/C18H19BrF3N5O/c1-2-23-15-11-14(18(20,21)22)24-17(25-15)27-8-6-26(7-9-27)16(28)12-4-3-5-13(19)10-12/h3-5,10-11H,2,6-9H2,1H3,(H,23,24,25). The highest BCUT2D eigenvalue weighted by atomic mass is 79.9. The number of carbonyl (C=O) groups is 1. The third-order valence-corrected chi connectivity index (χ3v) is 4.78. The first kappa shape index (κ1) is 20.4. The summed E-state index contributed by atoms with van der Waals surface area (Å²) in [4.78, 5) is 23.8. The predicted octanol–water partition coefficient (Wildman–Crippen LogP) is 3.65. The number of hydrogen-bond acceptors (Lipinski definition) is 5. The maximum atomic E-state index is 13.2. The lowest BCUT2D eigenvalue weighted by molar-refractivity contribution is -0.141. The van der Waals surface area contributed by atoms with E-state index >= 15 is 0 Å². The van der Waals surface area contributed by atoms with E-state index in [1.807, 2.05) is 6.07 Å². The van der Waals surface area contributed by atoms with Gasteiger partial charge in [-0.3, -0.25) is 4.79 Å². The van der Waals surface area contributed by atoms with Crippen molar-refractivity contribution in [1.82, 2.24) is 14.9 Å². The van der Waals surface area contributed by atoms with Gasteiger partial charge in [0.1, 0.15) is 5.82 Å². The molecule has 2 heterocycles. The van der Waals surface area contributed by atoms with Gasteiger partial charge < -0.3 is 15.1 Å². The summed E-state index contributed by atoms with van der Waals surface area (Å²) >= 11 is 3.34. The van der Waals surface area contributed by atoms with E-state index in [9.17, 15) is 18.0 Å². The first-order chi connectivity index (χ1) is 13.3. The van der Waals surface area contributed by atoms with Crippen LogP contribution in [0.1, 0.15) is 23.0 Å². The van der Waals surface area contributed by atoms with Crippen molar-refractivity contribution in [3.8, 4) is 0 Å². The molecule has 10 heteroatoms. The van der Waals surface area contributed by atoms with E-state index in [4.69, 9.17) is 0 Å². The molecule has 150 valence electrons. The number of alkyl halides is 3. The smallest absolute Gasteiger partial charge is 0.370 e. The SMILES string of the molecule is CCNc1cc(C(F)(F)F)nc(N2CCN(C(=O)c3cccc(Br)c3)CC2)n1. The number of rotatable bonds is 4. The van der Waals surface area contributed by atoms with Crippen LogP contribution in [0.3, 0.4) is 0 Å². The number of hydrogen-bond donors (Lipinski definition) is 1. The van der Waals surface area contributed by atoms with E-state index in [1.165, 1.54) is 0 Å². The number of carbonyl (C=O) groups excluding carboxylic acids is 1. The van der Waals surface area contributed by atoms with Crippen LogP contribution in [0.5, 0.6) is 0 Å². The average molecular weight is 458 g/mol. The zero-order valence-corrected chi connectivity index (χ0v) is 16.7. The van der Waals surface area contributed by atoms with Gasteiger partial charge in [0.2, 0.25) is 5.95 Å². The number of amides is 1. The lowest BCUT2D eigenvalue weighted by atomic mass is 10.2. The van der Waals surface area contributed by atoms with Crippen LogP contribution in [0.15, 0.2) is 34.8 Å². The van der Waals surface area contributed by atoms with Crippen molar-refractivity contribution in [1.29, 1.82) is 0 Å². The molecule has 0 saturated carbocycles. The van der Waals surface area contributed by atoms with Gasteiger partial charge in [-0.15, -0.1) is 0 Å². The van der Waals surface area contributed by atoms with Gasteiger partial charge in [-0.05, 0) is 25.1 Å². The van der Waals surface area contributed by atoms with Crippen LogP contribution in [0.4, 0.5) is 24.9 Å². The molecule has 1 fully saturated rings. The fraction of sp³-hybridized carbons (Fsp3) is 0.389. The number of nitrogens with one attached hydrogen (secondary N) is 1. The summed E-state index contributed by atoms with van der Waals surface area (Å²) in [5.41, 5.74) is -0.423. The average Bonchev–Trinajstić information content (AvgIpc) is 2.67. The second-order valence-electron chi connectivity index (χ2n) is 6.26. The Balaban J connectivity index is 1.74. The van der Waals surface area contributed by atoms with Crippen molar-refractivity contribution in [3.05, 3.63) is 46.1 Å². The lowest BCUT2D eigenvalue weighted by Crippen LogP contribution is -2.49. The molecule has 0 atom stereocenters. The summed E-state index contributed by atoms with van der Waals surface area (Å²) in [6, 6.07) is 8.00. The van der Waals surface area contributed by atoms with Crippen LogP contribution < -0.4 is 10.2 Å². The van der Waals surface area contributed by atoms with Crippen molar-refractivity contribution >= 4 is 33.6 Å². The number of benzene rings is 1. The van der Waals surface area contributed by atoms with E-state index in [2.05, 4.69) is 31.2 Å². The maximum absolute atomic E-state index is 13.2. The number of aromatic nitrogens is 2. The Kier molecular flexibility index (Phi) is 6.07. The second-order valence-corrected chi connectivity index (χ2v) is 7.17. The zero-order chi connectivity index (χ0) is 20.3. The second kappa shape index (κ2) is 8.34. The van der Waals surface area contributed by atoms with Crippen LogP contribution in [0.2, 0.25) is 0 Å². The molecule has 1 aromatic carbocycles. The summed E-state index contributed by atoms with van der Waals surface area (Å²) < 4.78 is 40.3. The molecule has 0 aliphatic carbocycles. The zero-order valence-electron chi connectivity index (χ0n) is 15.1. The molecule has 1 aliphatic rings. The first-order valence-electron chi connectivity index (χ1n) is 8.78. The highest BCUT2D eigenvalue weighted by Crippen LogP contribution is 2.30. The highest BCUT2D eigenvalue weighted by Gasteiger charge is 2.34. The summed E-state index contributed by atoms with van der Waals surface area (Å²) in [7, 11) is 0. The topological polar surface area (TPSA) is 61.4 Å². The lowest BCUT2D eigenvalue weighted by Gasteiger charge is -2.35. The Bertz CT molecular complexity index is 853. The molecule has 1 N–H and O–H groups in total. The fourth-order valence-corrected chi connectivity index (χ4v) is 3.31. The van der Waals surface area contributed by atoms with Crippen LogP contribution in [0, 0.1) is 0 Å².